The lowest BCUT2D eigenvalue weighted by Crippen LogP contribution is -2.03. The van der Waals surface area contributed by atoms with Gasteiger partial charge >= 0.3 is 0 Å². The van der Waals surface area contributed by atoms with Crippen molar-refractivity contribution in [3.63, 3.8) is 0 Å². The minimum Gasteiger partial charge on any atom is -0.298 e. The second kappa shape index (κ2) is 4.61. The van der Waals surface area contributed by atoms with Crippen molar-refractivity contribution in [2.24, 2.45) is 0 Å². The molecule has 0 spiro atoms. The van der Waals surface area contributed by atoms with Gasteiger partial charge in [0.2, 0.25) is 0 Å². The normalized spacial score (nSPS) is 12.6. The van der Waals surface area contributed by atoms with Crippen molar-refractivity contribution in [3.05, 3.63) is 29.3 Å². The average Bonchev–Trinajstić information content (AvgIpc) is 2.95. The second-order valence-electron chi connectivity index (χ2n) is 3.77. The Morgan fingerprint density at radius 2 is 2.44 bits per heavy atom. The molecule has 16 heavy (non-hydrogen) atoms. The van der Waals surface area contributed by atoms with E-state index in [2.05, 4.69) is 18.9 Å². The molecule has 0 aliphatic heterocycles. The topological polar surface area (TPSA) is 34.9 Å². The molecule has 1 unspecified atom stereocenters. The van der Waals surface area contributed by atoms with E-state index in [9.17, 15) is 4.79 Å². The molecule has 0 N–H and O–H groups in total. The second-order valence-corrected chi connectivity index (χ2v) is 4.71. The summed E-state index contributed by atoms with van der Waals surface area (Å²) in [5.41, 5.74) is 1.47. The van der Waals surface area contributed by atoms with Crippen LogP contribution in [0.3, 0.4) is 0 Å². The molecule has 1 atom stereocenters. The van der Waals surface area contributed by atoms with Crippen LogP contribution in [0.2, 0.25) is 0 Å². The largest absolute Gasteiger partial charge is 0.298 e. The van der Waals surface area contributed by atoms with Gasteiger partial charge in [0.25, 0.3) is 0 Å². The number of rotatable bonds is 4. The lowest BCUT2D eigenvalue weighted by molar-refractivity contribution is 0.112. The third-order valence-corrected chi connectivity index (χ3v) is 3.56. The van der Waals surface area contributed by atoms with Gasteiger partial charge in [-0.05, 0) is 24.8 Å². The Balaban J connectivity index is 2.45. The summed E-state index contributed by atoms with van der Waals surface area (Å²) >= 11 is 1.60. The third kappa shape index (κ3) is 1.93. The summed E-state index contributed by atoms with van der Waals surface area (Å²) < 4.78 is 1.87. The van der Waals surface area contributed by atoms with Gasteiger partial charge < -0.3 is 0 Å². The van der Waals surface area contributed by atoms with Crippen LogP contribution >= 0.6 is 11.3 Å². The van der Waals surface area contributed by atoms with Crippen LogP contribution in [0.25, 0.3) is 10.6 Å². The molecule has 3 nitrogen and oxygen atoms in total. The predicted octanol–water partition coefficient (Wildman–Crippen LogP) is 3.40. The summed E-state index contributed by atoms with van der Waals surface area (Å²) in [7, 11) is 0. The van der Waals surface area contributed by atoms with E-state index < -0.39 is 0 Å². The number of carbonyl (C=O) groups is 1. The molecule has 0 fully saturated rings. The Bertz CT molecular complexity index is 473. The Morgan fingerprint density at radius 1 is 1.62 bits per heavy atom. The third-order valence-electron chi connectivity index (χ3n) is 2.68. The molecule has 0 saturated heterocycles. The van der Waals surface area contributed by atoms with Crippen molar-refractivity contribution in [3.8, 4) is 10.6 Å². The van der Waals surface area contributed by atoms with E-state index in [0.29, 0.717) is 11.6 Å². The van der Waals surface area contributed by atoms with E-state index >= 15 is 0 Å². The molecule has 0 amide bonds. The highest BCUT2D eigenvalue weighted by Crippen LogP contribution is 2.26. The summed E-state index contributed by atoms with van der Waals surface area (Å²) in [6.45, 7) is 4.21. The van der Waals surface area contributed by atoms with Crippen LogP contribution < -0.4 is 0 Å². The van der Waals surface area contributed by atoms with E-state index in [1.54, 1.807) is 11.3 Å². The van der Waals surface area contributed by atoms with Crippen molar-refractivity contribution < 1.29 is 4.79 Å². The van der Waals surface area contributed by atoms with Gasteiger partial charge in [-0.1, -0.05) is 13.0 Å². The van der Waals surface area contributed by atoms with Gasteiger partial charge in [-0.2, -0.15) is 5.10 Å². The highest BCUT2D eigenvalue weighted by molar-refractivity contribution is 7.13. The van der Waals surface area contributed by atoms with E-state index in [-0.39, 0.29) is 0 Å². The van der Waals surface area contributed by atoms with E-state index in [4.69, 9.17) is 0 Å². The lowest BCUT2D eigenvalue weighted by Gasteiger charge is -2.07. The predicted molar refractivity (Wildman–Crippen MR) is 65.9 cm³/mol. The summed E-state index contributed by atoms with van der Waals surface area (Å²) in [5.74, 6) is 0. The van der Waals surface area contributed by atoms with Crippen molar-refractivity contribution in [1.29, 1.82) is 0 Å². The smallest absolute Gasteiger partial charge is 0.153 e. The number of aromatic nitrogens is 2. The fourth-order valence-corrected chi connectivity index (χ4v) is 2.24. The standard InChI is InChI=1S/C12H14N2OS/c1-3-9(2)14-7-10(8-15)12(13-14)11-5-4-6-16-11/h4-9H,3H2,1-2H3. The first-order chi connectivity index (χ1) is 7.76. The Kier molecular flexibility index (Phi) is 3.19. The van der Waals surface area contributed by atoms with Crippen LogP contribution in [0.4, 0.5) is 0 Å². The molecule has 0 aliphatic carbocycles. The number of aldehydes is 1. The molecular formula is C12H14N2OS. The van der Waals surface area contributed by atoms with Gasteiger partial charge in [-0.15, -0.1) is 11.3 Å². The monoisotopic (exact) mass is 234 g/mol. The van der Waals surface area contributed by atoms with Crippen molar-refractivity contribution in [1.82, 2.24) is 9.78 Å². The number of hydrogen-bond acceptors (Lipinski definition) is 3. The lowest BCUT2D eigenvalue weighted by atomic mass is 10.2. The zero-order chi connectivity index (χ0) is 11.5. The van der Waals surface area contributed by atoms with Gasteiger partial charge in [-0.25, -0.2) is 0 Å². The first-order valence-electron chi connectivity index (χ1n) is 5.34. The maximum Gasteiger partial charge on any atom is 0.153 e. The first-order valence-corrected chi connectivity index (χ1v) is 6.22. The van der Waals surface area contributed by atoms with Gasteiger partial charge in [0, 0.05) is 12.2 Å². The van der Waals surface area contributed by atoms with Crippen LogP contribution in [-0.2, 0) is 0 Å². The maximum absolute atomic E-state index is 11.0. The highest BCUT2D eigenvalue weighted by atomic mass is 32.1. The molecule has 2 aromatic rings. The zero-order valence-electron chi connectivity index (χ0n) is 9.38. The highest BCUT2D eigenvalue weighted by Gasteiger charge is 2.13. The van der Waals surface area contributed by atoms with E-state index in [1.165, 1.54) is 0 Å². The van der Waals surface area contributed by atoms with E-state index in [0.717, 1.165) is 23.3 Å². The molecule has 0 aliphatic rings. The van der Waals surface area contributed by atoms with Crippen molar-refractivity contribution >= 4 is 17.6 Å². The quantitative estimate of drug-likeness (QED) is 0.760. The summed E-state index contributed by atoms with van der Waals surface area (Å²) in [6, 6.07) is 4.28. The fraction of sp³-hybridized carbons (Fsp3) is 0.333. The Morgan fingerprint density at radius 3 is 3.00 bits per heavy atom. The number of thiophene rings is 1. The molecule has 84 valence electrons. The summed E-state index contributed by atoms with van der Waals surface area (Å²) in [5, 5.41) is 6.48. The van der Waals surface area contributed by atoms with Crippen molar-refractivity contribution in [2.45, 2.75) is 26.3 Å². The van der Waals surface area contributed by atoms with Crippen LogP contribution in [0.5, 0.6) is 0 Å². The molecule has 4 heteroatoms. The SMILES string of the molecule is CCC(C)n1cc(C=O)c(-c2cccs2)n1. The maximum atomic E-state index is 11.0. The van der Waals surface area contributed by atoms with Gasteiger partial charge in [-0.3, -0.25) is 9.48 Å². The fourth-order valence-electron chi connectivity index (χ4n) is 1.51. The molecule has 0 aromatic carbocycles. The zero-order valence-corrected chi connectivity index (χ0v) is 10.2. The van der Waals surface area contributed by atoms with Crippen LogP contribution in [-0.4, -0.2) is 16.1 Å². The number of carbonyl (C=O) groups excluding carboxylic acids is 1. The minimum atomic E-state index is 0.326. The van der Waals surface area contributed by atoms with Crippen LogP contribution in [0, 0.1) is 0 Å². The molecule has 2 rings (SSSR count). The average molecular weight is 234 g/mol. The summed E-state index contributed by atoms with van der Waals surface area (Å²) in [6.07, 6.45) is 3.71. The van der Waals surface area contributed by atoms with Gasteiger partial charge in [0.15, 0.2) is 6.29 Å². The molecule has 0 radical (unpaired) electrons. The van der Waals surface area contributed by atoms with E-state index in [1.807, 2.05) is 28.4 Å². The molecular weight excluding hydrogens is 220 g/mol. The molecule has 0 saturated carbocycles. The van der Waals surface area contributed by atoms with Crippen molar-refractivity contribution in [2.75, 3.05) is 0 Å². The molecule has 2 aromatic heterocycles. The first kappa shape index (κ1) is 11.1. The van der Waals surface area contributed by atoms with Gasteiger partial charge in [0.1, 0.15) is 5.69 Å². The summed E-state index contributed by atoms with van der Waals surface area (Å²) in [4.78, 5) is 12.0. The number of nitrogens with zero attached hydrogens (tertiary/aromatic N) is 2. The van der Waals surface area contributed by atoms with Crippen LogP contribution in [0.15, 0.2) is 23.7 Å². The molecule has 0 bridgehead atoms. The molecule has 2 heterocycles. The number of hydrogen-bond donors (Lipinski definition) is 0. The Labute approximate surface area is 98.7 Å². The van der Waals surface area contributed by atoms with Gasteiger partial charge in [0.05, 0.1) is 10.4 Å². The Hall–Kier alpha value is -1.42. The minimum absolute atomic E-state index is 0.326. The van der Waals surface area contributed by atoms with Crippen LogP contribution in [0.1, 0.15) is 36.7 Å².